The maximum Gasteiger partial charge on any atom is 0.220 e. The van der Waals surface area contributed by atoms with Gasteiger partial charge in [0.25, 0.3) is 0 Å². The van der Waals surface area contributed by atoms with Crippen molar-refractivity contribution >= 4 is 5.91 Å². The summed E-state index contributed by atoms with van der Waals surface area (Å²) in [5, 5.41) is 2.94. The molecular weight excluding hydrogens is 202 g/mol. The fourth-order valence-electron chi connectivity index (χ4n) is 2.19. The SMILES string of the molecule is CC1CCCN(CCNC(=O)CCCN)C1. The van der Waals surface area contributed by atoms with Crippen molar-refractivity contribution in [3.8, 4) is 0 Å². The molecule has 0 aliphatic carbocycles. The van der Waals surface area contributed by atoms with Crippen LogP contribution in [0.4, 0.5) is 0 Å². The van der Waals surface area contributed by atoms with Crippen molar-refractivity contribution in [3.05, 3.63) is 0 Å². The number of nitrogens with two attached hydrogens (primary N) is 1. The van der Waals surface area contributed by atoms with Crippen molar-refractivity contribution in [2.75, 3.05) is 32.7 Å². The van der Waals surface area contributed by atoms with Crippen LogP contribution in [0.25, 0.3) is 0 Å². The van der Waals surface area contributed by atoms with Crippen molar-refractivity contribution in [3.63, 3.8) is 0 Å². The highest BCUT2D eigenvalue weighted by atomic mass is 16.1. The lowest BCUT2D eigenvalue weighted by Gasteiger charge is -2.30. The Bertz CT molecular complexity index is 208. The Kier molecular flexibility index (Phi) is 6.42. The van der Waals surface area contributed by atoms with Gasteiger partial charge in [0.1, 0.15) is 0 Å². The summed E-state index contributed by atoms with van der Waals surface area (Å²) in [6, 6.07) is 0. The van der Waals surface area contributed by atoms with E-state index in [1.54, 1.807) is 0 Å². The molecule has 1 aliphatic heterocycles. The molecule has 1 unspecified atom stereocenters. The molecule has 0 saturated carbocycles. The molecule has 1 atom stereocenters. The number of piperidine rings is 1. The quantitative estimate of drug-likeness (QED) is 0.697. The number of amides is 1. The molecule has 0 aromatic carbocycles. The van der Waals surface area contributed by atoms with Gasteiger partial charge in [-0.1, -0.05) is 6.92 Å². The van der Waals surface area contributed by atoms with Crippen molar-refractivity contribution in [1.29, 1.82) is 0 Å². The predicted octanol–water partition coefficient (Wildman–Crippen LogP) is 0.573. The molecule has 1 heterocycles. The fourth-order valence-corrected chi connectivity index (χ4v) is 2.19. The molecule has 0 radical (unpaired) electrons. The number of hydrogen-bond acceptors (Lipinski definition) is 3. The predicted molar refractivity (Wildman–Crippen MR) is 66.1 cm³/mol. The first-order valence-electron chi connectivity index (χ1n) is 6.41. The van der Waals surface area contributed by atoms with Crippen LogP contribution in [-0.2, 0) is 4.79 Å². The second-order valence-electron chi connectivity index (χ2n) is 4.79. The third kappa shape index (κ3) is 5.47. The van der Waals surface area contributed by atoms with Crippen molar-refractivity contribution < 1.29 is 4.79 Å². The van der Waals surface area contributed by atoms with Crippen LogP contribution in [0.2, 0.25) is 0 Å². The Labute approximate surface area is 98.6 Å². The Morgan fingerprint density at radius 2 is 2.38 bits per heavy atom. The molecule has 1 aliphatic rings. The first-order valence-corrected chi connectivity index (χ1v) is 6.41. The summed E-state index contributed by atoms with van der Waals surface area (Å²) in [4.78, 5) is 13.8. The van der Waals surface area contributed by atoms with Crippen molar-refractivity contribution in [1.82, 2.24) is 10.2 Å². The van der Waals surface area contributed by atoms with E-state index in [0.29, 0.717) is 13.0 Å². The number of nitrogens with zero attached hydrogens (tertiary/aromatic N) is 1. The first kappa shape index (κ1) is 13.5. The van der Waals surface area contributed by atoms with Crippen LogP contribution < -0.4 is 11.1 Å². The lowest BCUT2D eigenvalue weighted by molar-refractivity contribution is -0.121. The summed E-state index contributed by atoms with van der Waals surface area (Å²) in [6.07, 6.45) is 3.99. The minimum atomic E-state index is 0.135. The smallest absolute Gasteiger partial charge is 0.220 e. The van der Waals surface area contributed by atoms with E-state index in [9.17, 15) is 4.79 Å². The number of rotatable bonds is 6. The third-order valence-corrected chi connectivity index (χ3v) is 3.10. The maximum atomic E-state index is 11.3. The van der Waals surface area contributed by atoms with Gasteiger partial charge in [-0.05, 0) is 38.3 Å². The molecule has 1 fully saturated rings. The Morgan fingerprint density at radius 1 is 1.56 bits per heavy atom. The zero-order valence-corrected chi connectivity index (χ0v) is 10.4. The molecule has 16 heavy (non-hydrogen) atoms. The zero-order valence-electron chi connectivity index (χ0n) is 10.4. The van der Waals surface area contributed by atoms with Crippen LogP contribution in [-0.4, -0.2) is 43.5 Å². The molecule has 3 N–H and O–H groups in total. The number of hydrogen-bond donors (Lipinski definition) is 2. The molecule has 4 nitrogen and oxygen atoms in total. The van der Waals surface area contributed by atoms with E-state index in [0.717, 1.165) is 25.4 Å². The summed E-state index contributed by atoms with van der Waals surface area (Å²) in [5.41, 5.74) is 5.35. The third-order valence-electron chi connectivity index (χ3n) is 3.10. The normalized spacial score (nSPS) is 22.0. The van der Waals surface area contributed by atoms with Crippen molar-refractivity contribution in [2.45, 2.75) is 32.6 Å². The largest absolute Gasteiger partial charge is 0.355 e. The van der Waals surface area contributed by atoms with Gasteiger partial charge in [-0.3, -0.25) is 4.79 Å². The van der Waals surface area contributed by atoms with Gasteiger partial charge in [0, 0.05) is 26.1 Å². The lowest BCUT2D eigenvalue weighted by atomic mass is 10.0. The van der Waals surface area contributed by atoms with E-state index in [1.807, 2.05) is 0 Å². The van der Waals surface area contributed by atoms with Gasteiger partial charge in [0.05, 0.1) is 0 Å². The minimum absolute atomic E-state index is 0.135. The minimum Gasteiger partial charge on any atom is -0.355 e. The van der Waals surface area contributed by atoms with Crippen molar-refractivity contribution in [2.24, 2.45) is 11.7 Å². The molecule has 94 valence electrons. The molecule has 0 spiro atoms. The van der Waals surface area contributed by atoms with E-state index in [-0.39, 0.29) is 5.91 Å². The monoisotopic (exact) mass is 227 g/mol. The van der Waals surface area contributed by atoms with E-state index in [2.05, 4.69) is 17.1 Å². The average Bonchev–Trinajstić information content (AvgIpc) is 2.26. The van der Waals surface area contributed by atoms with Crippen LogP contribution >= 0.6 is 0 Å². The number of likely N-dealkylation sites (tertiary alicyclic amines) is 1. The molecule has 0 aromatic rings. The maximum absolute atomic E-state index is 11.3. The van der Waals surface area contributed by atoms with Gasteiger partial charge >= 0.3 is 0 Å². The van der Waals surface area contributed by atoms with E-state index in [4.69, 9.17) is 5.73 Å². The summed E-state index contributed by atoms with van der Waals surface area (Å²) < 4.78 is 0. The standard InChI is InChI=1S/C12H25N3O/c1-11-4-3-8-15(10-11)9-7-14-12(16)5-2-6-13/h11H,2-10,13H2,1H3,(H,14,16). The zero-order chi connectivity index (χ0) is 11.8. The van der Waals surface area contributed by atoms with Crippen LogP contribution in [0.5, 0.6) is 0 Å². The summed E-state index contributed by atoms with van der Waals surface area (Å²) >= 11 is 0. The van der Waals surface area contributed by atoms with E-state index < -0.39 is 0 Å². The molecule has 0 aromatic heterocycles. The highest BCUT2D eigenvalue weighted by Crippen LogP contribution is 2.14. The summed E-state index contributed by atoms with van der Waals surface area (Å²) in [5.74, 6) is 0.942. The highest BCUT2D eigenvalue weighted by Gasteiger charge is 2.15. The Hall–Kier alpha value is -0.610. The number of carbonyl (C=O) groups is 1. The summed E-state index contributed by atoms with van der Waals surface area (Å²) in [7, 11) is 0. The first-order chi connectivity index (χ1) is 7.72. The highest BCUT2D eigenvalue weighted by molar-refractivity contribution is 5.75. The Morgan fingerprint density at radius 3 is 3.06 bits per heavy atom. The Balaban J connectivity index is 2.03. The molecule has 1 rings (SSSR count). The van der Waals surface area contributed by atoms with Crippen LogP contribution in [0.1, 0.15) is 32.6 Å². The van der Waals surface area contributed by atoms with Gasteiger partial charge in [-0.25, -0.2) is 0 Å². The van der Waals surface area contributed by atoms with Gasteiger partial charge in [-0.15, -0.1) is 0 Å². The van der Waals surface area contributed by atoms with E-state index >= 15 is 0 Å². The van der Waals surface area contributed by atoms with E-state index in [1.165, 1.54) is 25.9 Å². The van der Waals surface area contributed by atoms with Crippen LogP contribution in [0.3, 0.4) is 0 Å². The topological polar surface area (TPSA) is 58.4 Å². The molecule has 1 amide bonds. The van der Waals surface area contributed by atoms with Gasteiger partial charge in [-0.2, -0.15) is 0 Å². The number of nitrogens with one attached hydrogen (secondary N) is 1. The number of carbonyl (C=O) groups excluding carboxylic acids is 1. The second kappa shape index (κ2) is 7.63. The van der Waals surface area contributed by atoms with Crippen LogP contribution in [0.15, 0.2) is 0 Å². The van der Waals surface area contributed by atoms with Gasteiger partial charge < -0.3 is 16.0 Å². The van der Waals surface area contributed by atoms with Gasteiger partial charge in [0.15, 0.2) is 0 Å². The molecule has 1 saturated heterocycles. The second-order valence-corrected chi connectivity index (χ2v) is 4.79. The van der Waals surface area contributed by atoms with Crippen LogP contribution in [0, 0.1) is 5.92 Å². The molecule has 4 heteroatoms. The lowest BCUT2D eigenvalue weighted by Crippen LogP contribution is -2.40. The molecular formula is C12H25N3O. The average molecular weight is 227 g/mol. The summed E-state index contributed by atoms with van der Waals surface area (Å²) in [6.45, 7) is 7.01. The molecule has 0 bridgehead atoms. The van der Waals surface area contributed by atoms with Gasteiger partial charge in [0.2, 0.25) is 5.91 Å². The fraction of sp³-hybridized carbons (Fsp3) is 0.917.